The molecule has 2 heterocycles. The van der Waals surface area contributed by atoms with Crippen molar-refractivity contribution in [1.29, 1.82) is 0 Å². The predicted molar refractivity (Wildman–Crippen MR) is 80.1 cm³/mol. The van der Waals surface area contributed by atoms with Crippen molar-refractivity contribution >= 4 is 17.8 Å². The van der Waals surface area contributed by atoms with Gasteiger partial charge in [-0.25, -0.2) is 4.79 Å². The third-order valence-electron chi connectivity index (χ3n) is 4.35. The number of nitrogens with one attached hydrogen (secondary N) is 2. The first kappa shape index (κ1) is 14.6. The van der Waals surface area contributed by atoms with E-state index in [1.165, 1.54) is 5.56 Å². The number of amides is 4. The lowest BCUT2D eigenvalue weighted by atomic mass is 9.99. The van der Waals surface area contributed by atoms with Gasteiger partial charge < -0.3 is 10.2 Å². The first-order valence-corrected chi connectivity index (χ1v) is 7.45. The van der Waals surface area contributed by atoms with Gasteiger partial charge >= 0.3 is 6.03 Å². The Labute approximate surface area is 128 Å². The van der Waals surface area contributed by atoms with Crippen LogP contribution >= 0.6 is 0 Å². The molecule has 22 heavy (non-hydrogen) atoms. The molecule has 6 nitrogen and oxygen atoms in total. The summed E-state index contributed by atoms with van der Waals surface area (Å²) in [5.41, 5.74) is 1.39. The van der Waals surface area contributed by atoms with Gasteiger partial charge in [0.15, 0.2) is 0 Å². The average Bonchev–Trinajstić information content (AvgIpc) is 3.01. The minimum atomic E-state index is -0.921. The molecule has 0 bridgehead atoms. The van der Waals surface area contributed by atoms with Gasteiger partial charge in [0.1, 0.15) is 5.54 Å². The number of rotatable bonds is 3. The zero-order valence-corrected chi connectivity index (χ0v) is 12.5. The van der Waals surface area contributed by atoms with E-state index >= 15 is 0 Å². The Balaban J connectivity index is 1.58. The molecule has 1 aromatic rings. The predicted octanol–water partition coefficient (Wildman–Crippen LogP) is 0.738. The van der Waals surface area contributed by atoms with Crippen LogP contribution in [0, 0.1) is 6.92 Å². The summed E-state index contributed by atoms with van der Waals surface area (Å²) in [4.78, 5) is 37.1. The SMILES string of the molecule is Cc1cccc(CCC(=O)N2CC[C@@]3(C2)NC(=O)NC3=O)c1. The van der Waals surface area contributed by atoms with Gasteiger partial charge in [-0.3, -0.25) is 14.9 Å². The molecule has 0 saturated carbocycles. The van der Waals surface area contributed by atoms with Crippen LogP contribution in [0.1, 0.15) is 24.0 Å². The number of carbonyl (C=O) groups excluding carboxylic acids is 3. The molecule has 1 aromatic carbocycles. The van der Waals surface area contributed by atoms with Crippen molar-refractivity contribution in [1.82, 2.24) is 15.5 Å². The molecule has 2 N–H and O–H groups in total. The van der Waals surface area contributed by atoms with Crippen LogP contribution in [0.25, 0.3) is 0 Å². The molecule has 1 spiro atoms. The van der Waals surface area contributed by atoms with Crippen molar-refractivity contribution in [3.8, 4) is 0 Å². The molecular formula is C16H19N3O3. The van der Waals surface area contributed by atoms with E-state index in [0.29, 0.717) is 25.8 Å². The Bertz CT molecular complexity index is 643. The smallest absolute Gasteiger partial charge is 0.322 e. The number of urea groups is 1. The maximum absolute atomic E-state index is 12.3. The minimum absolute atomic E-state index is 0.0207. The van der Waals surface area contributed by atoms with E-state index in [-0.39, 0.29) is 18.4 Å². The van der Waals surface area contributed by atoms with E-state index < -0.39 is 11.6 Å². The fourth-order valence-corrected chi connectivity index (χ4v) is 3.12. The first-order valence-electron chi connectivity index (χ1n) is 7.45. The molecule has 6 heteroatoms. The zero-order chi connectivity index (χ0) is 15.7. The van der Waals surface area contributed by atoms with Crippen molar-refractivity contribution in [3.05, 3.63) is 35.4 Å². The summed E-state index contributed by atoms with van der Waals surface area (Å²) in [6.45, 7) is 2.79. The summed E-state index contributed by atoms with van der Waals surface area (Å²) in [5.74, 6) is -0.307. The summed E-state index contributed by atoms with van der Waals surface area (Å²) < 4.78 is 0. The van der Waals surface area contributed by atoms with Crippen molar-refractivity contribution < 1.29 is 14.4 Å². The second-order valence-electron chi connectivity index (χ2n) is 6.04. The van der Waals surface area contributed by atoms with Gasteiger partial charge in [-0.15, -0.1) is 0 Å². The minimum Gasteiger partial charge on any atom is -0.340 e. The number of aryl methyl sites for hydroxylation is 2. The molecule has 0 radical (unpaired) electrons. The molecule has 116 valence electrons. The van der Waals surface area contributed by atoms with Gasteiger partial charge in [0.05, 0.1) is 6.54 Å². The summed E-state index contributed by atoms with van der Waals surface area (Å²) in [6.07, 6.45) is 1.57. The number of likely N-dealkylation sites (tertiary alicyclic amines) is 1. The Morgan fingerprint density at radius 3 is 2.86 bits per heavy atom. The highest BCUT2D eigenvalue weighted by atomic mass is 16.2. The molecule has 3 rings (SSSR count). The zero-order valence-electron chi connectivity index (χ0n) is 12.5. The van der Waals surface area contributed by atoms with Crippen LogP contribution in [0.2, 0.25) is 0 Å². The van der Waals surface area contributed by atoms with Crippen LogP contribution in [-0.2, 0) is 16.0 Å². The molecule has 2 saturated heterocycles. The van der Waals surface area contributed by atoms with Crippen LogP contribution in [-0.4, -0.2) is 41.4 Å². The molecular weight excluding hydrogens is 282 g/mol. The molecule has 0 unspecified atom stereocenters. The standard InChI is InChI=1S/C16H19N3O3/c1-11-3-2-4-12(9-11)5-6-13(20)19-8-7-16(10-19)14(21)17-15(22)18-16/h2-4,9H,5-8,10H2,1H3,(H2,17,18,21,22)/t16-/m0/s1. The number of benzene rings is 1. The van der Waals surface area contributed by atoms with Gasteiger partial charge in [-0.2, -0.15) is 0 Å². The maximum atomic E-state index is 12.3. The van der Waals surface area contributed by atoms with E-state index in [9.17, 15) is 14.4 Å². The van der Waals surface area contributed by atoms with Crippen LogP contribution in [0.3, 0.4) is 0 Å². The van der Waals surface area contributed by atoms with E-state index in [1.54, 1.807) is 4.90 Å². The summed E-state index contributed by atoms with van der Waals surface area (Å²) in [5, 5.41) is 4.90. The van der Waals surface area contributed by atoms with Crippen LogP contribution in [0.4, 0.5) is 4.79 Å². The Kier molecular flexibility index (Phi) is 3.60. The average molecular weight is 301 g/mol. The summed E-state index contributed by atoms with van der Waals surface area (Å²) in [6, 6.07) is 7.62. The van der Waals surface area contributed by atoms with E-state index in [1.807, 2.05) is 25.1 Å². The van der Waals surface area contributed by atoms with E-state index in [0.717, 1.165) is 5.56 Å². The summed E-state index contributed by atoms with van der Waals surface area (Å²) >= 11 is 0. The van der Waals surface area contributed by atoms with Crippen molar-refractivity contribution in [2.75, 3.05) is 13.1 Å². The summed E-state index contributed by atoms with van der Waals surface area (Å²) in [7, 11) is 0. The molecule has 0 aromatic heterocycles. The second-order valence-corrected chi connectivity index (χ2v) is 6.04. The van der Waals surface area contributed by atoms with Crippen molar-refractivity contribution in [2.45, 2.75) is 31.7 Å². The van der Waals surface area contributed by atoms with Crippen molar-refractivity contribution in [2.24, 2.45) is 0 Å². The lowest BCUT2D eigenvalue weighted by Gasteiger charge is -2.21. The number of carbonyl (C=O) groups is 3. The molecule has 2 fully saturated rings. The fraction of sp³-hybridized carbons (Fsp3) is 0.438. The Morgan fingerprint density at radius 1 is 1.36 bits per heavy atom. The molecule has 4 amide bonds. The van der Waals surface area contributed by atoms with E-state index in [2.05, 4.69) is 16.7 Å². The monoisotopic (exact) mass is 301 g/mol. The number of hydrogen-bond acceptors (Lipinski definition) is 3. The van der Waals surface area contributed by atoms with Gasteiger partial charge in [-0.05, 0) is 25.3 Å². The van der Waals surface area contributed by atoms with Gasteiger partial charge in [0.2, 0.25) is 5.91 Å². The second kappa shape index (κ2) is 5.44. The number of imide groups is 1. The highest BCUT2D eigenvalue weighted by Crippen LogP contribution is 2.25. The highest BCUT2D eigenvalue weighted by Gasteiger charge is 2.51. The number of hydrogen-bond donors (Lipinski definition) is 2. The molecule has 0 aliphatic carbocycles. The third-order valence-corrected chi connectivity index (χ3v) is 4.35. The lowest BCUT2D eigenvalue weighted by molar-refractivity contribution is -0.130. The topological polar surface area (TPSA) is 78.5 Å². The quantitative estimate of drug-likeness (QED) is 0.808. The largest absolute Gasteiger partial charge is 0.340 e. The Hall–Kier alpha value is -2.37. The maximum Gasteiger partial charge on any atom is 0.322 e. The molecule has 2 aliphatic heterocycles. The van der Waals surface area contributed by atoms with Crippen molar-refractivity contribution in [3.63, 3.8) is 0 Å². The highest BCUT2D eigenvalue weighted by molar-refractivity contribution is 6.07. The first-order chi connectivity index (χ1) is 10.5. The fourth-order valence-electron chi connectivity index (χ4n) is 3.12. The molecule has 1 atom stereocenters. The number of nitrogens with zero attached hydrogens (tertiary/aromatic N) is 1. The van der Waals surface area contributed by atoms with Gasteiger partial charge in [0.25, 0.3) is 5.91 Å². The lowest BCUT2D eigenvalue weighted by Crippen LogP contribution is -2.49. The Morgan fingerprint density at radius 2 is 2.18 bits per heavy atom. The van der Waals surface area contributed by atoms with Crippen LogP contribution in [0.15, 0.2) is 24.3 Å². The van der Waals surface area contributed by atoms with Gasteiger partial charge in [-0.1, -0.05) is 29.8 Å². The van der Waals surface area contributed by atoms with E-state index in [4.69, 9.17) is 0 Å². The van der Waals surface area contributed by atoms with Crippen LogP contribution < -0.4 is 10.6 Å². The third kappa shape index (κ3) is 2.68. The van der Waals surface area contributed by atoms with Crippen LogP contribution in [0.5, 0.6) is 0 Å². The normalized spacial score (nSPS) is 23.8. The molecule has 2 aliphatic rings. The van der Waals surface area contributed by atoms with Gasteiger partial charge in [0, 0.05) is 13.0 Å².